The predicted molar refractivity (Wildman–Crippen MR) is 98.1 cm³/mol. The van der Waals surface area contributed by atoms with Gasteiger partial charge in [-0.2, -0.15) is 0 Å². The van der Waals surface area contributed by atoms with Gasteiger partial charge in [-0.05, 0) is 66.2 Å². The molecule has 0 aromatic rings. The van der Waals surface area contributed by atoms with Gasteiger partial charge >= 0.3 is 13.6 Å². The third-order valence-corrected chi connectivity index (χ3v) is 5.04. The first-order valence-electron chi connectivity index (χ1n) is 8.26. The Balaban J connectivity index is 4.26. The molecule has 1 unspecified atom stereocenters. The summed E-state index contributed by atoms with van der Waals surface area (Å²) >= 11 is 0. The molecule has 0 spiro atoms. The Kier molecular flexibility index (Phi) is 10.9. The van der Waals surface area contributed by atoms with E-state index in [9.17, 15) is 9.36 Å². The Morgan fingerprint density at radius 1 is 0.917 bits per heavy atom. The Hall–Kier alpha value is -1.16. The highest BCUT2D eigenvalue weighted by atomic mass is 31.2. The van der Waals surface area contributed by atoms with Gasteiger partial charge in [0, 0.05) is 0 Å². The Bertz CT molecular complexity index is 536. The van der Waals surface area contributed by atoms with Crippen molar-refractivity contribution in [2.75, 3.05) is 0 Å². The van der Waals surface area contributed by atoms with E-state index >= 15 is 0 Å². The van der Waals surface area contributed by atoms with Crippen molar-refractivity contribution in [3.8, 4) is 0 Å². The number of hydrogen-bond acceptors (Lipinski definition) is 2. The lowest BCUT2D eigenvalue weighted by Gasteiger charge is -2.12. The molecule has 0 radical (unpaired) electrons. The summed E-state index contributed by atoms with van der Waals surface area (Å²) in [6.07, 6.45) is 10.5. The molecule has 1 atom stereocenters. The molecule has 0 bridgehead atoms. The van der Waals surface area contributed by atoms with Gasteiger partial charge in [-0.3, -0.25) is 9.36 Å². The molecule has 0 fully saturated rings. The van der Waals surface area contributed by atoms with Gasteiger partial charge in [-0.25, -0.2) is 0 Å². The number of carbonyl (C=O) groups is 1. The maximum Gasteiger partial charge on any atom is 0.339 e. The van der Waals surface area contributed by atoms with Crippen LogP contribution in [0.5, 0.6) is 0 Å². The Morgan fingerprint density at radius 3 is 1.79 bits per heavy atom. The highest BCUT2D eigenvalue weighted by Crippen LogP contribution is 2.43. The van der Waals surface area contributed by atoms with Crippen LogP contribution >= 0.6 is 7.60 Å². The van der Waals surface area contributed by atoms with Gasteiger partial charge in [-0.1, -0.05) is 34.9 Å². The van der Waals surface area contributed by atoms with E-state index in [1.165, 1.54) is 11.1 Å². The van der Waals surface area contributed by atoms with E-state index in [0.29, 0.717) is 6.42 Å². The SMILES string of the molecule is CC(C)=CCC/C(C)=C/CC/C(C)=C/CCC(C(=O)O)P(=O)(O)O. The molecule has 0 aromatic carbocycles. The molecule has 24 heavy (non-hydrogen) atoms. The first kappa shape index (κ1) is 22.8. The van der Waals surface area contributed by atoms with Crippen LogP contribution in [0.4, 0.5) is 0 Å². The third-order valence-electron chi connectivity index (χ3n) is 3.75. The van der Waals surface area contributed by atoms with E-state index in [2.05, 4.69) is 32.9 Å². The van der Waals surface area contributed by atoms with Gasteiger partial charge < -0.3 is 14.9 Å². The fourth-order valence-electron chi connectivity index (χ4n) is 2.26. The van der Waals surface area contributed by atoms with Crippen molar-refractivity contribution < 1.29 is 24.3 Å². The van der Waals surface area contributed by atoms with Crippen molar-refractivity contribution in [3.63, 3.8) is 0 Å². The van der Waals surface area contributed by atoms with E-state index in [1.807, 2.05) is 13.0 Å². The molecule has 0 rings (SSSR count). The summed E-state index contributed by atoms with van der Waals surface area (Å²) in [6.45, 7) is 8.26. The number of hydrogen-bond donors (Lipinski definition) is 3. The van der Waals surface area contributed by atoms with Gasteiger partial charge in [-0.15, -0.1) is 0 Å². The monoisotopic (exact) mass is 358 g/mol. The normalized spacial score (nSPS) is 14.4. The second-order valence-electron chi connectivity index (χ2n) is 6.48. The average Bonchev–Trinajstić information content (AvgIpc) is 2.41. The van der Waals surface area contributed by atoms with Crippen LogP contribution in [-0.4, -0.2) is 26.5 Å². The first-order chi connectivity index (χ1) is 11.0. The van der Waals surface area contributed by atoms with E-state index in [4.69, 9.17) is 14.9 Å². The largest absolute Gasteiger partial charge is 0.481 e. The molecule has 0 heterocycles. The third kappa shape index (κ3) is 11.4. The van der Waals surface area contributed by atoms with Crippen molar-refractivity contribution in [2.45, 2.75) is 71.9 Å². The van der Waals surface area contributed by atoms with Gasteiger partial charge in [0.25, 0.3) is 0 Å². The Labute approximate surface area is 145 Å². The van der Waals surface area contributed by atoms with Crippen LogP contribution in [0.1, 0.15) is 66.2 Å². The maximum absolute atomic E-state index is 11.1. The molecule has 6 heteroatoms. The van der Waals surface area contributed by atoms with Crippen molar-refractivity contribution in [1.29, 1.82) is 0 Å². The maximum atomic E-state index is 11.1. The molecule has 5 nitrogen and oxygen atoms in total. The lowest BCUT2D eigenvalue weighted by molar-refractivity contribution is -0.137. The quantitative estimate of drug-likeness (QED) is 0.364. The zero-order valence-corrected chi connectivity index (χ0v) is 16.1. The molecule has 0 aliphatic rings. The topological polar surface area (TPSA) is 94.8 Å². The van der Waals surface area contributed by atoms with Crippen LogP contribution in [0.15, 0.2) is 34.9 Å². The van der Waals surface area contributed by atoms with E-state index < -0.39 is 19.2 Å². The molecule has 0 aliphatic carbocycles. The molecule has 138 valence electrons. The van der Waals surface area contributed by atoms with Gasteiger partial charge in [0.2, 0.25) is 0 Å². The summed E-state index contributed by atoms with van der Waals surface area (Å²) in [5.41, 5.74) is 2.18. The molecule has 0 amide bonds. The second-order valence-corrected chi connectivity index (χ2v) is 8.28. The molecular formula is C18H31O5P. The molecule has 0 aromatic heterocycles. The standard InChI is InChI=1S/C18H31O5P/c1-14(2)8-5-9-15(3)10-6-11-16(4)12-7-13-17(18(19)20)24(21,22)23/h8,10,12,17H,5-7,9,11,13H2,1-4H3,(H,19,20)(H2,21,22,23)/b15-10+,16-12+. The number of allylic oxidation sites excluding steroid dienone is 6. The van der Waals surface area contributed by atoms with Crippen LogP contribution in [0.2, 0.25) is 0 Å². The molecule has 0 aliphatic heterocycles. The molecule has 3 N–H and O–H groups in total. The van der Waals surface area contributed by atoms with Gasteiger partial charge in [0.15, 0.2) is 5.66 Å². The second kappa shape index (κ2) is 11.4. The fourth-order valence-corrected chi connectivity index (χ4v) is 3.04. The van der Waals surface area contributed by atoms with E-state index in [-0.39, 0.29) is 6.42 Å². The molecule has 0 saturated carbocycles. The van der Waals surface area contributed by atoms with E-state index in [0.717, 1.165) is 31.3 Å². The van der Waals surface area contributed by atoms with Crippen LogP contribution in [0.3, 0.4) is 0 Å². The zero-order chi connectivity index (χ0) is 18.8. The minimum Gasteiger partial charge on any atom is -0.481 e. The summed E-state index contributed by atoms with van der Waals surface area (Å²) in [5, 5.41) is 8.86. The summed E-state index contributed by atoms with van der Waals surface area (Å²) in [7, 11) is -4.59. The lowest BCUT2D eigenvalue weighted by Crippen LogP contribution is -2.20. The predicted octanol–water partition coefficient (Wildman–Crippen LogP) is 4.82. The zero-order valence-electron chi connectivity index (χ0n) is 15.2. The van der Waals surface area contributed by atoms with Crippen molar-refractivity contribution in [2.24, 2.45) is 0 Å². The summed E-state index contributed by atoms with van der Waals surface area (Å²) in [5.74, 6) is -1.44. The van der Waals surface area contributed by atoms with Crippen LogP contribution in [0.25, 0.3) is 0 Å². The van der Waals surface area contributed by atoms with Crippen LogP contribution in [0, 0.1) is 0 Å². The lowest BCUT2D eigenvalue weighted by atomic mass is 10.1. The molecular weight excluding hydrogens is 327 g/mol. The van der Waals surface area contributed by atoms with Crippen LogP contribution < -0.4 is 0 Å². The van der Waals surface area contributed by atoms with Crippen molar-refractivity contribution >= 4 is 13.6 Å². The van der Waals surface area contributed by atoms with Gasteiger partial charge in [0.1, 0.15) is 0 Å². The number of carboxylic acid groups (broad SMARTS) is 1. The average molecular weight is 358 g/mol. The van der Waals surface area contributed by atoms with E-state index in [1.54, 1.807) is 0 Å². The van der Waals surface area contributed by atoms with Crippen LogP contribution in [-0.2, 0) is 9.36 Å². The summed E-state index contributed by atoms with van der Waals surface area (Å²) < 4.78 is 11.1. The fraction of sp³-hybridized carbons (Fsp3) is 0.611. The van der Waals surface area contributed by atoms with Crippen molar-refractivity contribution in [3.05, 3.63) is 34.9 Å². The summed E-state index contributed by atoms with van der Waals surface area (Å²) in [4.78, 5) is 28.9. The highest BCUT2D eigenvalue weighted by molar-refractivity contribution is 7.53. The minimum atomic E-state index is -4.59. The Morgan fingerprint density at radius 2 is 1.38 bits per heavy atom. The summed E-state index contributed by atoms with van der Waals surface area (Å²) in [6, 6.07) is 0. The number of carboxylic acids is 1. The van der Waals surface area contributed by atoms with Crippen molar-refractivity contribution in [1.82, 2.24) is 0 Å². The first-order valence-corrected chi connectivity index (χ1v) is 9.94. The minimum absolute atomic E-state index is 0.0471. The smallest absolute Gasteiger partial charge is 0.339 e. The number of aliphatic carboxylic acids is 1. The highest BCUT2D eigenvalue weighted by Gasteiger charge is 2.34. The molecule has 0 saturated heterocycles. The number of rotatable bonds is 11. The van der Waals surface area contributed by atoms with Gasteiger partial charge in [0.05, 0.1) is 0 Å².